The maximum atomic E-state index is 12.7. The second-order valence-corrected chi connectivity index (χ2v) is 9.24. The van der Waals surface area contributed by atoms with Gasteiger partial charge >= 0.3 is 6.01 Å². The number of rotatable bonds is 7. The predicted molar refractivity (Wildman–Crippen MR) is 130 cm³/mol. The van der Waals surface area contributed by atoms with Crippen molar-refractivity contribution in [1.82, 2.24) is 9.97 Å². The Hall–Kier alpha value is -4.24. The normalized spacial score (nSPS) is 11.0. The topological polar surface area (TPSA) is 110 Å². The second kappa shape index (κ2) is 9.72. The van der Waals surface area contributed by atoms with E-state index in [-0.39, 0.29) is 16.8 Å². The molecule has 0 aliphatic rings. The molecule has 0 saturated heterocycles. The van der Waals surface area contributed by atoms with E-state index in [1.165, 1.54) is 24.3 Å². The number of nitrogens with one attached hydrogen (secondary N) is 2. The van der Waals surface area contributed by atoms with Gasteiger partial charge in [-0.1, -0.05) is 17.7 Å². The summed E-state index contributed by atoms with van der Waals surface area (Å²) in [6, 6.07) is 19.9. The van der Waals surface area contributed by atoms with Crippen molar-refractivity contribution in [2.24, 2.45) is 0 Å². The van der Waals surface area contributed by atoms with Gasteiger partial charge in [0, 0.05) is 29.3 Å². The molecule has 1 aromatic heterocycles. The van der Waals surface area contributed by atoms with Crippen LogP contribution in [0.5, 0.6) is 11.8 Å². The summed E-state index contributed by atoms with van der Waals surface area (Å²) in [6.07, 6.45) is 3.16. The van der Waals surface area contributed by atoms with Crippen LogP contribution >= 0.6 is 0 Å². The minimum Gasteiger partial charge on any atom is -0.424 e. The quantitative estimate of drug-likeness (QED) is 0.393. The number of aryl methyl sites for hydroxylation is 2. The Morgan fingerprint density at radius 3 is 2.21 bits per heavy atom. The maximum Gasteiger partial charge on any atom is 0.321 e. The number of amides is 1. The number of benzene rings is 3. The van der Waals surface area contributed by atoms with E-state index in [9.17, 15) is 13.2 Å². The lowest BCUT2D eigenvalue weighted by Gasteiger charge is -2.11. The highest BCUT2D eigenvalue weighted by Crippen LogP contribution is 2.25. The highest BCUT2D eigenvalue weighted by atomic mass is 32.2. The average molecular weight is 475 g/mol. The van der Waals surface area contributed by atoms with Crippen molar-refractivity contribution < 1.29 is 17.9 Å². The summed E-state index contributed by atoms with van der Waals surface area (Å²) in [6.45, 7) is 3.76. The van der Waals surface area contributed by atoms with Crippen molar-refractivity contribution >= 4 is 27.3 Å². The van der Waals surface area contributed by atoms with Crippen molar-refractivity contribution in [3.05, 3.63) is 102 Å². The molecule has 0 aliphatic heterocycles. The van der Waals surface area contributed by atoms with Gasteiger partial charge in [0.2, 0.25) is 0 Å². The Morgan fingerprint density at radius 2 is 1.56 bits per heavy atom. The van der Waals surface area contributed by atoms with Crippen molar-refractivity contribution in [3.63, 3.8) is 0 Å². The molecule has 0 fully saturated rings. The monoisotopic (exact) mass is 474 g/mol. The van der Waals surface area contributed by atoms with Gasteiger partial charge in [0.1, 0.15) is 5.75 Å². The van der Waals surface area contributed by atoms with Gasteiger partial charge in [-0.15, -0.1) is 0 Å². The third kappa shape index (κ3) is 5.57. The minimum absolute atomic E-state index is 0.0606. The van der Waals surface area contributed by atoms with Gasteiger partial charge in [0.05, 0.1) is 4.90 Å². The standard InChI is InChI=1S/C25H22N4O4S/c1-17-4-8-20(9-5-17)29-34(31,32)22-11-6-19(7-12-22)24(30)28-23-13-10-21(16-18(23)2)33-25-26-14-3-15-27-25/h3-16,29H,1-2H3,(H,28,30). The van der Waals surface area contributed by atoms with Gasteiger partial charge in [0.25, 0.3) is 15.9 Å². The molecule has 0 radical (unpaired) electrons. The van der Waals surface area contributed by atoms with E-state index in [1.807, 2.05) is 26.0 Å². The van der Waals surface area contributed by atoms with Crippen molar-refractivity contribution in [3.8, 4) is 11.8 Å². The van der Waals surface area contributed by atoms with E-state index < -0.39 is 10.0 Å². The fraction of sp³-hybridized carbons (Fsp3) is 0.0800. The first kappa shape index (κ1) is 22.9. The molecule has 0 atom stereocenters. The number of nitrogens with zero attached hydrogens (tertiary/aromatic N) is 2. The van der Waals surface area contributed by atoms with Crippen molar-refractivity contribution in [2.45, 2.75) is 18.7 Å². The second-order valence-electron chi connectivity index (χ2n) is 7.56. The van der Waals surface area contributed by atoms with Crippen LogP contribution in [0.15, 0.2) is 90.1 Å². The average Bonchev–Trinajstić information content (AvgIpc) is 2.83. The Kier molecular flexibility index (Phi) is 6.55. The Bertz CT molecular complexity index is 1410. The molecule has 9 heteroatoms. The molecule has 0 saturated carbocycles. The van der Waals surface area contributed by atoms with Crippen LogP contribution in [0.4, 0.5) is 11.4 Å². The minimum atomic E-state index is -3.77. The fourth-order valence-electron chi connectivity index (χ4n) is 3.10. The molecule has 4 aromatic rings. The highest BCUT2D eigenvalue weighted by Gasteiger charge is 2.16. The number of carbonyl (C=O) groups is 1. The predicted octanol–water partition coefficient (Wildman–Crippen LogP) is 4.94. The first-order chi connectivity index (χ1) is 16.3. The molecule has 3 aromatic carbocycles. The number of hydrogen-bond acceptors (Lipinski definition) is 6. The van der Waals surface area contributed by atoms with Crippen LogP contribution < -0.4 is 14.8 Å². The highest BCUT2D eigenvalue weighted by molar-refractivity contribution is 7.92. The summed E-state index contributed by atoms with van der Waals surface area (Å²) in [5.74, 6) is 0.177. The van der Waals surface area contributed by atoms with Crippen LogP contribution in [0, 0.1) is 13.8 Å². The van der Waals surface area contributed by atoms with Gasteiger partial charge in [-0.05, 0) is 80.1 Å². The third-order valence-electron chi connectivity index (χ3n) is 4.93. The lowest BCUT2D eigenvalue weighted by atomic mass is 10.1. The van der Waals surface area contributed by atoms with Crippen LogP contribution in [-0.2, 0) is 10.0 Å². The zero-order chi connectivity index (χ0) is 24.1. The summed E-state index contributed by atoms with van der Waals surface area (Å²) < 4.78 is 33.4. The SMILES string of the molecule is Cc1ccc(NS(=O)(=O)c2ccc(C(=O)Nc3ccc(Oc4ncccn4)cc3C)cc2)cc1. The number of carbonyl (C=O) groups excluding carboxylic acids is 1. The van der Waals surface area contributed by atoms with Gasteiger partial charge in [-0.25, -0.2) is 18.4 Å². The molecule has 0 aliphatic carbocycles. The molecular formula is C25H22N4O4S. The van der Waals surface area contributed by atoms with E-state index in [0.717, 1.165) is 11.1 Å². The lowest BCUT2D eigenvalue weighted by molar-refractivity contribution is 0.102. The van der Waals surface area contributed by atoms with E-state index in [4.69, 9.17) is 4.74 Å². The zero-order valence-electron chi connectivity index (χ0n) is 18.5. The third-order valence-corrected chi connectivity index (χ3v) is 6.33. The van der Waals surface area contributed by atoms with Crippen molar-refractivity contribution in [2.75, 3.05) is 10.0 Å². The molecule has 2 N–H and O–H groups in total. The van der Waals surface area contributed by atoms with Crippen LogP contribution in [-0.4, -0.2) is 24.3 Å². The molecule has 34 heavy (non-hydrogen) atoms. The first-order valence-electron chi connectivity index (χ1n) is 10.4. The Balaban J connectivity index is 1.43. The van der Waals surface area contributed by atoms with Crippen LogP contribution in [0.25, 0.3) is 0 Å². The van der Waals surface area contributed by atoms with Crippen LogP contribution in [0.1, 0.15) is 21.5 Å². The van der Waals surface area contributed by atoms with Gasteiger partial charge in [-0.3, -0.25) is 9.52 Å². The summed E-state index contributed by atoms with van der Waals surface area (Å²) in [4.78, 5) is 20.8. The molecule has 172 valence electrons. The number of anilines is 2. The summed E-state index contributed by atoms with van der Waals surface area (Å²) in [5, 5.41) is 2.83. The molecule has 0 bridgehead atoms. The number of sulfonamides is 1. The molecule has 0 unspecified atom stereocenters. The van der Waals surface area contributed by atoms with E-state index in [1.54, 1.807) is 48.8 Å². The molecular weight excluding hydrogens is 452 g/mol. The zero-order valence-corrected chi connectivity index (χ0v) is 19.3. The van der Waals surface area contributed by atoms with E-state index in [0.29, 0.717) is 22.7 Å². The smallest absolute Gasteiger partial charge is 0.321 e. The molecule has 0 spiro atoms. The number of ether oxygens (including phenoxy) is 1. The Labute approximate surface area is 197 Å². The fourth-order valence-corrected chi connectivity index (χ4v) is 4.16. The van der Waals surface area contributed by atoms with Crippen molar-refractivity contribution in [1.29, 1.82) is 0 Å². The molecule has 4 rings (SSSR count). The summed E-state index contributed by atoms with van der Waals surface area (Å²) in [5.41, 5.74) is 3.20. The maximum absolute atomic E-state index is 12.7. The lowest BCUT2D eigenvalue weighted by Crippen LogP contribution is -2.15. The Morgan fingerprint density at radius 1 is 0.882 bits per heavy atom. The molecule has 8 nitrogen and oxygen atoms in total. The summed E-state index contributed by atoms with van der Waals surface area (Å²) >= 11 is 0. The van der Waals surface area contributed by atoms with E-state index in [2.05, 4.69) is 20.0 Å². The van der Waals surface area contributed by atoms with Gasteiger partial charge < -0.3 is 10.1 Å². The molecule has 1 amide bonds. The first-order valence-corrected chi connectivity index (χ1v) is 11.8. The number of aromatic nitrogens is 2. The van der Waals surface area contributed by atoms with Gasteiger partial charge in [0.15, 0.2) is 0 Å². The molecule has 1 heterocycles. The number of hydrogen-bond donors (Lipinski definition) is 2. The summed E-state index contributed by atoms with van der Waals surface area (Å²) in [7, 11) is -3.77. The van der Waals surface area contributed by atoms with Crippen LogP contribution in [0.2, 0.25) is 0 Å². The van der Waals surface area contributed by atoms with E-state index >= 15 is 0 Å². The largest absolute Gasteiger partial charge is 0.424 e. The van der Waals surface area contributed by atoms with Crippen LogP contribution in [0.3, 0.4) is 0 Å². The van der Waals surface area contributed by atoms with Gasteiger partial charge in [-0.2, -0.15) is 0 Å².